The molecule has 2 aliphatic heterocycles. The highest BCUT2D eigenvalue weighted by molar-refractivity contribution is 8.27. The van der Waals surface area contributed by atoms with Crippen LogP contribution in [0.2, 0.25) is 0 Å². The van der Waals surface area contributed by atoms with Gasteiger partial charge in [0.25, 0.3) is 5.91 Å². The highest BCUT2D eigenvalue weighted by Crippen LogP contribution is 2.38. The van der Waals surface area contributed by atoms with Gasteiger partial charge in [-0.25, -0.2) is 0 Å². The van der Waals surface area contributed by atoms with Crippen LogP contribution in [0.1, 0.15) is 43.2 Å². The summed E-state index contributed by atoms with van der Waals surface area (Å²) in [6.07, 6.45) is 9.06. The maximum atomic E-state index is 13.0. The van der Waals surface area contributed by atoms with Crippen molar-refractivity contribution in [1.82, 2.24) is 5.01 Å². The summed E-state index contributed by atoms with van der Waals surface area (Å²) in [6, 6.07) is 11.1. The molecule has 11 heteroatoms. The van der Waals surface area contributed by atoms with Gasteiger partial charge in [-0.1, -0.05) is 43.5 Å². The summed E-state index contributed by atoms with van der Waals surface area (Å²) in [5.74, 6) is -0.0622. The third kappa shape index (κ3) is 5.55. The fourth-order valence-corrected chi connectivity index (χ4v) is 6.81. The zero-order chi connectivity index (χ0) is 27.6. The summed E-state index contributed by atoms with van der Waals surface area (Å²) in [6.45, 7) is 3.77. The van der Waals surface area contributed by atoms with E-state index in [0.717, 1.165) is 30.7 Å². The maximum absolute atomic E-state index is 13.0. The van der Waals surface area contributed by atoms with E-state index >= 15 is 0 Å². The number of allylic oxidation sites excluding steroid dienone is 1. The van der Waals surface area contributed by atoms with Crippen molar-refractivity contribution < 1.29 is 22.1 Å². The first kappa shape index (κ1) is 26.9. The van der Waals surface area contributed by atoms with Crippen LogP contribution in [0.4, 0.5) is 0 Å². The van der Waals surface area contributed by atoms with E-state index in [9.17, 15) is 13.2 Å². The molecule has 3 aliphatic rings. The summed E-state index contributed by atoms with van der Waals surface area (Å²) in [7, 11) is -2.73. The van der Waals surface area contributed by atoms with E-state index in [-0.39, 0.29) is 34.2 Å². The van der Waals surface area contributed by atoms with Crippen molar-refractivity contribution in [2.45, 2.75) is 43.4 Å². The van der Waals surface area contributed by atoms with Crippen LogP contribution < -0.4 is 8.92 Å². The predicted octanol–water partition coefficient (Wildman–Crippen LogP) is 5.39. The number of methoxy groups -OCH3 is 1. The maximum Gasteiger partial charge on any atom is 0.339 e. The fraction of sp³-hybridized carbons (Fsp3) is 0.286. The Bertz CT molecular complexity index is 1520. The average molecular weight is 565 g/mol. The summed E-state index contributed by atoms with van der Waals surface area (Å²) >= 11 is 1.37. The van der Waals surface area contributed by atoms with E-state index in [0.29, 0.717) is 22.2 Å². The number of ether oxygens (including phenoxy) is 1. The second-order valence-corrected chi connectivity index (χ2v) is 11.9. The van der Waals surface area contributed by atoms with Crippen LogP contribution in [0.25, 0.3) is 6.08 Å². The van der Waals surface area contributed by atoms with Gasteiger partial charge in [0.05, 0.1) is 12.7 Å². The summed E-state index contributed by atoms with van der Waals surface area (Å²) in [5, 5.41) is 16.1. The summed E-state index contributed by atoms with van der Waals surface area (Å²) in [4.78, 5) is 17.2. The number of thioether (sulfide) groups is 1. The highest BCUT2D eigenvalue weighted by Gasteiger charge is 2.38. The Morgan fingerprint density at radius 3 is 2.62 bits per heavy atom. The van der Waals surface area contributed by atoms with Gasteiger partial charge in [0.2, 0.25) is 5.17 Å². The normalized spacial score (nSPS) is 19.0. The Morgan fingerprint density at radius 1 is 1.18 bits per heavy atom. The second-order valence-electron chi connectivity index (χ2n) is 9.35. The largest absolute Gasteiger partial charge is 0.493 e. The lowest BCUT2D eigenvalue weighted by Crippen LogP contribution is -2.35. The SMILES string of the molecule is C=CCc1cc(C=C2C(=N)N3N=C(C4CCCCC4)SC3=NC2=O)cc(OC)c1OS(=O)(=O)c1ccccc1. The quantitative estimate of drug-likeness (QED) is 0.259. The molecule has 2 heterocycles. The first-order valence-corrected chi connectivity index (χ1v) is 14.8. The van der Waals surface area contributed by atoms with E-state index in [4.69, 9.17) is 14.3 Å². The molecule has 2 aromatic rings. The van der Waals surface area contributed by atoms with Crippen LogP contribution in [0, 0.1) is 11.3 Å². The van der Waals surface area contributed by atoms with Gasteiger partial charge < -0.3 is 8.92 Å². The third-order valence-corrected chi connectivity index (χ3v) is 9.01. The van der Waals surface area contributed by atoms with E-state index in [1.165, 1.54) is 48.5 Å². The number of carbonyl (C=O) groups is 1. The molecular weight excluding hydrogens is 536 g/mol. The lowest BCUT2D eigenvalue weighted by Gasteiger charge is -2.20. The molecule has 0 radical (unpaired) electrons. The summed E-state index contributed by atoms with van der Waals surface area (Å²) in [5.41, 5.74) is 1.08. The van der Waals surface area contributed by atoms with Crippen molar-refractivity contribution in [3.63, 3.8) is 0 Å². The zero-order valence-corrected chi connectivity index (χ0v) is 23.1. The first-order valence-electron chi connectivity index (χ1n) is 12.6. The number of aliphatic imine (C=N–C) groups is 1. The van der Waals surface area contributed by atoms with E-state index < -0.39 is 16.0 Å². The van der Waals surface area contributed by atoms with Gasteiger partial charge >= 0.3 is 10.1 Å². The Morgan fingerprint density at radius 2 is 1.92 bits per heavy atom. The standard InChI is InChI=1S/C28H28N4O5S2/c1-3-10-20-15-18(17-23(36-2)24(20)37-39(34,35)21-13-8-5-9-14-21)16-22-25(29)32-28(30-26(22)33)38-27(31-32)19-11-6-4-7-12-19/h3,5,8-9,13-17,19,29H,1,4,6-7,10-12H2,2H3. The topological polar surface area (TPSA) is 121 Å². The minimum absolute atomic E-state index is 0.00866. The molecule has 5 rings (SSSR count). The number of carbonyl (C=O) groups excluding carboxylic acids is 1. The molecule has 0 aromatic heterocycles. The Kier molecular flexibility index (Phi) is 7.72. The number of benzene rings is 2. The first-order chi connectivity index (χ1) is 18.8. The van der Waals surface area contributed by atoms with Gasteiger partial charge in [-0.05, 0) is 66.9 Å². The van der Waals surface area contributed by atoms with Crippen LogP contribution in [0.3, 0.4) is 0 Å². The molecule has 0 saturated heterocycles. The number of fused-ring (bicyclic) bond motifs is 1. The predicted molar refractivity (Wildman–Crippen MR) is 153 cm³/mol. The molecular formula is C28H28N4O5S2. The molecule has 1 saturated carbocycles. The molecule has 0 atom stereocenters. The van der Waals surface area contributed by atoms with Crippen molar-refractivity contribution in [2.24, 2.45) is 16.0 Å². The van der Waals surface area contributed by atoms with Crippen molar-refractivity contribution in [3.8, 4) is 11.5 Å². The second kappa shape index (κ2) is 11.2. The van der Waals surface area contributed by atoms with Gasteiger partial charge in [0.1, 0.15) is 9.94 Å². The number of nitrogens with one attached hydrogen (secondary N) is 1. The van der Waals surface area contributed by atoms with Crippen molar-refractivity contribution in [1.29, 1.82) is 5.41 Å². The van der Waals surface area contributed by atoms with Gasteiger partial charge in [-0.3, -0.25) is 10.2 Å². The molecule has 2 aromatic carbocycles. The number of nitrogens with zero attached hydrogens (tertiary/aromatic N) is 3. The minimum Gasteiger partial charge on any atom is -0.493 e. The van der Waals surface area contributed by atoms with Gasteiger partial charge in [0.15, 0.2) is 17.3 Å². The molecule has 1 aliphatic carbocycles. The van der Waals surface area contributed by atoms with E-state index in [1.54, 1.807) is 36.4 Å². The molecule has 0 bridgehead atoms. The lowest BCUT2D eigenvalue weighted by atomic mass is 9.90. The number of amides is 1. The lowest BCUT2D eigenvalue weighted by molar-refractivity contribution is -0.114. The van der Waals surface area contributed by atoms with Crippen LogP contribution in [-0.4, -0.2) is 42.5 Å². The average Bonchev–Trinajstić information content (AvgIpc) is 3.37. The minimum atomic E-state index is -4.13. The molecule has 39 heavy (non-hydrogen) atoms. The Hall–Kier alpha value is -3.70. The van der Waals surface area contributed by atoms with Gasteiger partial charge in [0, 0.05) is 11.5 Å². The Balaban J connectivity index is 1.48. The molecule has 1 N–H and O–H groups in total. The number of hydrogen-bond acceptors (Lipinski definition) is 8. The number of hydrazone groups is 1. The summed E-state index contributed by atoms with van der Waals surface area (Å²) < 4.78 is 36.9. The van der Waals surface area contributed by atoms with E-state index in [2.05, 4.69) is 16.7 Å². The molecule has 0 unspecified atom stereocenters. The van der Waals surface area contributed by atoms with Crippen molar-refractivity contribution >= 4 is 49.9 Å². The number of amidine groups is 2. The third-order valence-electron chi connectivity index (χ3n) is 6.70. The van der Waals surface area contributed by atoms with Crippen LogP contribution in [-0.2, 0) is 21.3 Å². The molecule has 9 nitrogen and oxygen atoms in total. The van der Waals surface area contributed by atoms with Gasteiger partial charge in [-0.2, -0.15) is 23.5 Å². The van der Waals surface area contributed by atoms with Crippen LogP contribution in [0.5, 0.6) is 11.5 Å². The van der Waals surface area contributed by atoms with Crippen molar-refractivity contribution in [3.05, 3.63) is 71.8 Å². The van der Waals surface area contributed by atoms with E-state index in [1.807, 2.05) is 0 Å². The van der Waals surface area contributed by atoms with Gasteiger partial charge in [-0.15, -0.1) is 6.58 Å². The zero-order valence-electron chi connectivity index (χ0n) is 21.4. The molecule has 1 fully saturated rings. The van der Waals surface area contributed by atoms with Crippen LogP contribution in [0.15, 0.2) is 75.7 Å². The molecule has 0 spiro atoms. The van der Waals surface area contributed by atoms with Crippen LogP contribution >= 0.6 is 11.8 Å². The smallest absolute Gasteiger partial charge is 0.339 e. The highest BCUT2D eigenvalue weighted by atomic mass is 32.2. The van der Waals surface area contributed by atoms with Crippen molar-refractivity contribution in [2.75, 3.05) is 7.11 Å². The fourth-order valence-electron chi connectivity index (χ4n) is 4.75. The Labute approximate surface area is 231 Å². The number of rotatable bonds is 8. The number of hydrogen-bond donors (Lipinski definition) is 1. The monoisotopic (exact) mass is 564 g/mol. The molecule has 1 amide bonds. The molecule has 202 valence electrons.